The van der Waals surface area contributed by atoms with Gasteiger partial charge in [0.05, 0.1) is 11.4 Å². The highest BCUT2D eigenvalue weighted by molar-refractivity contribution is 7.89. The van der Waals surface area contributed by atoms with Crippen LogP contribution in [0.5, 0.6) is 0 Å². The molecule has 0 aliphatic carbocycles. The van der Waals surface area contributed by atoms with Crippen LogP contribution < -0.4 is 0 Å². The molecule has 2 aromatic heterocycles. The molecule has 0 atom stereocenters. The third-order valence-corrected chi connectivity index (χ3v) is 7.39. The maximum atomic E-state index is 12.7. The number of likely N-dealkylation sites (tertiary alicyclic amines) is 1. The van der Waals surface area contributed by atoms with Gasteiger partial charge in [0.2, 0.25) is 0 Å². The van der Waals surface area contributed by atoms with Crippen LogP contribution in [0.2, 0.25) is 5.02 Å². The van der Waals surface area contributed by atoms with Crippen molar-refractivity contribution in [3.8, 4) is 21.6 Å². The first-order chi connectivity index (χ1) is 14.8. The van der Waals surface area contributed by atoms with E-state index >= 15 is 0 Å². The van der Waals surface area contributed by atoms with Crippen LogP contribution in [-0.2, 0) is 15.6 Å². The Morgan fingerprint density at radius 1 is 1.10 bits per heavy atom. The van der Waals surface area contributed by atoms with Gasteiger partial charge in [-0.15, -0.1) is 11.3 Å². The number of piperidine rings is 1. The Balaban J connectivity index is 1.56. The molecule has 0 saturated carbocycles. The predicted molar refractivity (Wildman–Crippen MR) is 126 cm³/mol. The number of carbonyl (C=O) groups excluding carboxylic acids is 1. The van der Waals surface area contributed by atoms with E-state index in [1.807, 2.05) is 34.5 Å². The Labute approximate surface area is 191 Å². The quantitative estimate of drug-likeness (QED) is 0.503. The van der Waals surface area contributed by atoms with Crippen LogP contribution in [0, 0.1) is 0 Å². The molecule has 1 saturated heterocycles. The average molecular weight is 475 g/mol. The summed E-state index contributed by atoms with van der Waals surface area (Å²) in [5.41, 5.74) is 3.88. The zero-order valence-corrected chi connectivity index (χ0v) is 19.6. The Hall–Kier alpha value is -2.22. The van der Waals surface area contributed by atoms with Crippen molar-refractivity contribution in [1.29, 1.82) is 0 Å². The van der Waals surface area contributed by atoms with E-state index in [0.29, 0.717) is 16.3 Å². The normalized spacial score (nSPS) is 14.6. The standard InChI is InChI=1S/C23H23ClN2O3S2/c1-31(28,29)15-19-11-16(7-8-25-19)22-13-18(14-30-22)20-6-5-17(12-21(20)24)23(27)26-9-3-2-4-10-26/h5-8,11-14H,2-4,9-10,15H2,1H3. The topological polar surface area (TPSA) is 67.3 Å². The van der Waals surface area contributed by atoms with Crippen molar-refractivity contribution in [2.24, 2.45) is 0 Å². The number of rotatable bonds is 5. The lowest BCUT2D eigenvalue weighted by atomic mass is 10.0. The van der Waals surface area contributed by atoms with Crippen molar-refractivity contribution in [2.75, 3.05) is 19.3 Å². The summed E-state index contributed by atoms with van der Waals surface area (Å²) < 4.78 is 23.1. The third kappa shape index (κ3) is 5.34. The Bertz CT molecular complexity index is 1220. The first kappa shape index (κ1) is 22.0. The van der Waals surface area contributed by atoms with E-state index in [4.69, 9.17) is 11.6 Å². The monoisotopic (exact) mass is 474 g/mol. The molecule has 5 nitrogen and oxygen atoms in total. The number of benzene rings is 1. The largest absolute Gasteiger partial charge is 0.339 e. The van der Waals surface area contributed by atoms with Crippen LogP contribution in [0.1, 0.15) is 35.3 Å². The molecule has 3 heterocycles. The molecule has 31 heavy (non-hydrogen) atoms. The minimum atomic E-state index is -3.15. The van der Waals surface area contributed by atoms with Crippen LogP contribution in [-0.4, -0.2) is 43.6 Å². The van der Waals surface area contributed by atoms with E-state index in [9.17, 15) is 13.2 Å². The Morgan fingerprint density at radius 3 is 2.58 bits per heavy atom. The van der Waals surface area contributed by atoms with Crippen molar-refractivity contribution in [1.82, 2.24) is 9.88 Å². The first-order valence-electron chi connectivity index (χ1n) is 10.1. The zero-order valence-electron chi connectivity index (χ0n) is 17.2. The summed E-state index contributed by atoms with van der Waals surface area (Å²) in [6.07, 6.45) is 6.11. The summed E-state index contributed by atoms with van der Waals surface area (Å²) in [6.45, 7) is 1.61. The predicted octanol–water partition coefficient (Wildman–Crippen LogP) is 5.30. The van der Waals surface area contributed by atoms with Crippen molar-refractivity contribution in [3.05, 3.63) is 64.3 Å². The molecule has 162 valence electrons. The highest BCUT2D eigenvalue weighted by Crippen LogP contribution is 2.36. The minimum Gasteiger partial charge on any atom is -0.339 e. The molecular formula is C23H23ClN2O3S2. The number of halogens is 1. The maximum Gasteiger partial charge on any atom is 0.253 e. The number of sulfone groups is 1. The van der Waals surface area contributed by atoms with Gasteiger partial charge in [-0.25, -0.2) is 8.42 Å². The Kier molecular flexibility index (Phi) is 6.46. The van der Waals surface area contributed by atoms with Crippen LogP contribution in [0.15, 0.2) is 48.0 Å². The second-order valence-corrected chi connectivity index (χ2v) is 11.3. The molecule has 0 unspecified atom stereocenters. The van der Waals surface area contributed by atoms with Crippen LogP contribution in [0.25, 0.3) is 21.6 Å². The molecule has 1 aliphatic heterocycles. The molecule has 8 heteroatoms. The highest BCUT2D eigenvalue weighted by atomic mass is 35.5. The molecule has 0 radical (unpaired) electrons. The summed E-state index contributed by atoms with van der Waals surface area (Å²) >= 11 is 8.11. The van der Waals surface area contributed by atoms with Gasteiger partial charge in [-0.1, -0.05) is 17.7 Å². The number of carbonyl (C=O) groups is 1. The number of amides is 1. The zero-order chi connectivity index (χ0) is 22.0. The molecular weight excluding hydrogens is 452 g/mol. The van der Waals surface area contributed by atoms with Gasteiger partial charge in [-0.2, -0.15) is 0 Å². The second kappa shape index (κ2) is 9.10. The lowest BCUT2D eigenvalue weighted by Crippen LogP contribution is -2.35. The summed E-state index contributed by atoms with van der Waals surface area (Å²) in [5, 5.41) is 2.55. The van der Waals surface area contributed by atoms with Crippen molar-refractivity contribution in [2.45, 2.75) is 25.0 Å². The van der Waals surface area contributed by atoms with Gasteiger partial charge in [0, 0.05) is 46.6 Å². The van der Waals surface area contributed by atoms with Crippen LogP contribution >= 0.6 is 22.9 Å². The fourth-order valence-electron chi connectivity index (χ4n) is 3.77. The van der Waals surface area contributed by atoms with E-state index in [0.717, 1.165) is 47.5 Å². The number of nitrogens with zero attached hydrogens (tertiary/aromatic N) is 2. The maximum absolute atomic E-state index is 12.7. The van der Waals surface area contributed by atoms with Gasteiger partial charge in [-0.05, 0) is 66.1 Å². The molecule has 1 amide bonds. The minimum absolute atomic E-state index is 0.0364. The van der Waals surface area contributed by atoms with Crippen molar-refractivity contribution >= 4 is 38.7 Å². The van der Waals surface area contributed by atoms with Gasteiger partial charge in [-0.3, -0.25) is 9.78 Å². The third-order valence-electron chi connectivity index (χ3n) is 5.28. The highest BCUT2D eigenvalue weighted by Gasteiger charge is 2.19. The second-order valence-electron chi connectivity index (χ2n) is 7.85. The van der Waals surface area contributed by atoms with E-state index in [1.54, 1.807) is 29.7 Å². The Morgan fingerprint density at radius 2 is 1.87 bits per heavy atom. The summed E-state index contributed by atoms with van der Waals surface area (Å²) in [6, 6.07) is 11.2. The number of aromatic nitrogens is 1. The number of hydrogen-bond acceptors (Lipinski definition) is 5. The smallest absolute Gasteiger partial charge is 0.253 e. The van der Waals surface area contributed by atoms with E-state index in [-0.39, 0.29) is 11.7 Å². The molecule has 0 spiro atoms. The van der Waals surface area contributed by atoms with E-state index in [2.05, 4.69) is 4.98 Å². The summed E-state index contributed by atoms with van der Waals surface area (Å²) in [5.74, 6) is -0.0495. The van der Waals surface area contributed by atoms with E-state index < -0.39 is 9.84 Å². The van der Waals surface area contributed by atoms with Crippen molar-refractivity contribution in [3.63, 3.8) is 0 Å². The fraction of sp³-hybridized carbons (Fsp3) is 0.304. The van der Waals surface area contributed by atoms with Crippen molar-refractivity contribution < 1.29 is 13.2 Å². The molecule has 0 bridgehead atoms. The molecule has 3 aromatic rings. The molecule has 4 rings (SSSR count). The average Bonchev–Trinajstić information content (AvgIpc) is 3.23. The van der Waals surface area contributed by atoms with Crippen LogP contribution in [0.3, 0.4) is 0 Å². The van der Waals surface area contributed by atoms with Crippen LogP contribution in [0.4, 0.5) is 0 Å². The van der Waals surface area contributed by atoms with Gasteiger partial charge in [0.25, 0.3) is 5.91 Å². The molecule has 0 N–H and O–H groups in total. The van der Waals surface area contributed by atoms with Gasteiger partial charge < -0.3 is 4.90 Å². The number of thiophene rings is 1. The SMILES string of the molecule is CS(=O)(=O)Cc1cc(-c2cc(-c3ccc(C(=O)N4CCCCC4)cc3Cl)cs2)ccn1. The molecule has 1 fully saturated rings. The summed E-state index contributed by atoms with van der Waals surface area (Å²) in [7, 11) is -3.15. The summed E-state index contributed by atoms with van der Waals surface area (Å²) in [4.78, 5) is 19.8. The lowest BCUT2D eigenvalue weighted by Gasteiger charge is -2.26. The number of pyridine rings is 1. The first-order valence-corrected chi connectivity index (χ1v) is 13.4. The molecule has 1 aliphatic rings. The number of hydrogen-bond donors (Lipinski definition) is 0. The van der Waals surface area contributed by atoms with Gasteiger partial charge in [0.1, 0.15) is 0 Å². The van der Waals surface area contributed by atoms with Gasteiger partial charge in [0.15, 0.2) is 9.84 Å². The lowest BCUT2D eigenvalue weighted by molar-refractivity contribution is 0.0724. The van der Waals surface area contributed by atoms with E-state index in [1.165, 1.54) is 12.7 Å². The fourth-order valence-corrected chi connectivity index (χ4v) is 5.66. The molecule has 1 aromatic carbocycles. The van der Waals surface area contributed by atoms with Gasteiger partial charge >= 0.3 is 0 Å².